The second-order valence-corrected chi connectivity index (χ2v) is 5.49. The van der Waals surface area contributed by atoms with E-state index in [-0.39, 0.29) is 36.0 Å². The molecule has 1 fully saturated rings. The standard InChI is InChI=1S/C14H13ClN2O3S/c15-9-12(18)16-6-7-17-13(19)11(21-14(17)20)8-10-4-2-1-3-5-10/h1-5,8H,6-7,9H2,(H,16,18)/b11-8+. The molecule has 7 heteroatoms. The summed E-state index contributed by atoms with van der Waals surface area (Å²) in [6, 6.07) is 9.31. The summed E-state index contributed by atoms with van der Waals surface area (Å²) in [5.41, 5.74) is 0.860. The van der Waals surface area contributed by atoms with Gasteiger partial charge in [0, 0.05) is 13.1 Å². The first-order valence-electron chi connectivity index (χ1n) is 6.25. The Morgan fingerprint density at radius 2 is 2.00 bits per heavy atom. The van der Waals surface area contributed by atoms with Crippen LogP contribution in [0.2, 0.25) is 0 Å². The van der Waals surface area contributed by atoms with Gasteiger partial charge in [-0.15, -0.1) is 11.6 Å². The molecule has 0 spiro atoms. The second kappa shape index (κ2) is 7.28. The Bertz CT molecular complexity index is 589. The monoisotopic (exact) mass is 324 g/mol. The van der Waals surface area contributed by atoms with Crippen molar-refractivity contribution in [2.45, 2.75) is 0 Å². The summed E-state index contributed by atoms with van der Waals surface area (Å²) in [4.78, 5) is 36.5. The van der Waals surface area contributed by atoms with Crippen LogP contribution >= 0.6 is 23.4 Å². The Hall–Kier alpha value is -1.79. The number of amides is 3. The molecule has 1 aromatic rings. The maximum Gasteiger partial charge on any atom is 0.293 e. The maximum absolute atomic E-state index is 12.1. The number of nitrogens with zero attached hydrogens (tertiary/aromatic N) is 1. The van der Waals surface area contributed by atoms with Gasteiger partial charge in [-0.3, -0.25) is 19.3 Å². The molecule has 1 saturated heterocycles. The molecule has 2 rings (SSSR count). The second-order valence-electron chi connectivity index (χ2n) is 4.23. The number of rotatable bonds is 5. The molecule has 0 atom stereocenters. The fourth-order valence-electron chi connectivity index (χ4n) is 1.75. The van der Waals surface area contributed by atoms with Gasteiger partial charge in [-0.25, -0.2) is 0 Å². The third-order valence-corrected chi connectivity index (χ3v) is 3.90. The zero-order valence-electron chi connectivity index (χ0n) is 11.0. The number of imide groups is 1. The van der Waals surface area contributed by atoms with Gasteiger partial charge in [0.25, 0.3) is 11.1 Å². The lowest BCUT2D eigenvalue weighted by Crippen LogP contribution is -2.37. The van der Waals surface area contributed by atoms with Crippen molar-refractivity contribution in [1.82, 2.24) is 10.2 Å². The van der Waals surface area contributed by atoms with Crippen LogP contribution in [-0.4, -0.2) is 40.9 Å². The Morgan fingerprint density at radius 1 is 1.29 bits per heavy atom. The van der Waals surface area contributed by atoms with E-state index in [2.05, 4.69) is 5.32 Å². The van der Waals surface area contributed by atoms with E-state index in [1.807, 2.05) is 30.3 Å². The molecule has 0 radical (unpaired) electrons. The molecule has 110 valence electrons. The lowest BCUT2D eigenvalue weighted by Gasteiger charge is -2.12. The van der Waals surface area contributed by atoms with E-state index < -0.39 is 0 Å². The van der Waals surface area contributed by atoms with Crippen LogP contribution in [0.25, 0.3) is 6.08 Å². The highest BCUT2D eigenvalue weighted by molar-refractivity contribution is 8.18. The summed E-state index contributed by atoms with van der Waals surface area (Å²) in [5, 5.41) is 2.19. The fraction of sp³-hybridized carbons (Fsp3) is 0.214. The summed E-state index contributed by atoms with van der Waals surface area (Å²) in [6.07, 6.45) is 1.68. The molecule has 3 amide bonds. The molecule has 0 unspecified atom stereocenters. The van der Waals surface area contributed by atoms with Crippen molar-refractivity contribution in [2.24, 2.45) is 0 Å². The van der Waals surface area contributed by atoms with E-state index in [0.29, 0.717) is 4.91 Å². The maximum atomic E-state index is 12.1. The highest BCUT2D eigenvalue weighted by atomic mass is 35.5. The third kappa shape index (κ3) is 4.09. The number of alkyl halides is 1. The summed E-state index contributed by atoms with van der Waals surface area (Å²) in [7, 11) is 0. The SMILES string of the molecule is O=C(CCl)NCCN1C(=O)S/C(=C/c2ccccc2)C1=O. The molecule has 21 heavy (non-hydrogen) atoms. The molecule has 1 heterocycles. The molecule has 1 aliphatic rings. The zero-order chi connectivity index (χ0) is 15.2. The van der Waals surface area contributed by atoms with Crippen molar-refractivity contribution in [3.05, 3.63) is 40.8 Å². The first-order chi connectivity index (χ1) is 10.1. The van der Waals surface area contributed by atoms with Crippen molar-refractivity contribution in [2.75, 3.05) is 19.0 Å². The van der Waals surface area contributed by atoms with E-state index in [1.54, 1.807) is 6.08 Å². The first-order valence-corrected chi connectivity index (χ1v) is 7.60. The summed E-state index contributed by atoms with van der Waals surface area (Å²) < 4.78 is 0. The van der Waals surface area contributed by atoms with Crippen molar-refractivity contribution in [1.29, 1.82) is 0 Å². The van der Waals surface area contributed by atoms with Crippen molar-refractivity contribution >= 4 is 46.5 Å². The lowest BCUT2D eigenvalue weighted by molar-refractivity contribution is -0.123. The Labute approximate surface area is 131 Å². The van der Waals surface area contributed by atoms with E-state index >= 15 is 0 Å². The normalized spacial score (nSPS) is 16.6. The number of carbonyl (C=O) groups is 3. The Morgan fingerprint density at radius 3 is 2.67 bits per heavy atom. The lowest BCUT2D eigenvalue weighted by atomic mass is 10.2. The average molecular weight is 325 g/mol. The minimum absolute atomic E-state index is 0.138. The quantitative estimate of drug-likeness (QED) is 0.665. The molecule has 0 aliphatic carbocycles. The van der Waals surface area contributed by atoms with E-state index in [9.17, 15) is 14.4 Å². The van der Waals surface area contributed by atoms with Crippen molar-refractivity contribution < 1.29 is 14.4 Å². The molecule has 1 aliphatic heterocycles. The number of thioether (sulfide) groups is 1. The van der Waals surface area contributed by atoms with Crippen molar-refractivity contribution in [3.8, 4) is 0 Å². The Balaban J connectivity index is 2.00. The molecule has 1 N–H and O–H groups in total. The van der Waals surface area contributed by atoms with Crippen LogP contribution < -0.4 is 5.32 Å². The minimum Gasteiger partial charge on any atom is -0.353 e. The van der Waals surface area contributed by atoms with Crippen LogP contribution in [0.3, 0.4) is 0 Å². The van der Waals surface area contributed by atoms with Gasteiger partial charge in [0.15, 0.2) is 0 Å². The van der Waals surface area contributed by atoms with Crippen LogP contribution in [0.1, 0.15) is 5.56 Å². The highest BCUT2D eigenvalue weighted by Crippen LogP contribution is 2.31. The van der Waals surface area contributed by atoms with E-state index in [1.165, 1.54) is 0 Å². The summed E-state index contributed by atoms with van der Waals surface area (Å²) in [6.45, 7) is 0.335. The molecule has 1 aromatic carbocycles. The first kappa shape index (κ1) is 15.6. The highest BCUT2D eigenvalue weighted by Gasteiger charge is 2.34. The summed E-state index contributed by atoms with van der Waals surface area (Å²) in [5.74, 6) is -0.812. The molecule has 0 aromatic heterocycles. The van der Waals surface area contributed by atoms with E-state index in [4.69, 9.17) is 11.6 Å². The average Bonchev–Trinajstić information content (AvgIpc) is 2.75. The fourth-order valence-corrected chi connectivity index (χ4v) is 2.71. The molecule has 0 saturated carbocycles. The number of hydrogen-bond donors (Lipinski definition) is 1. The minimum atomic E-state index is -0.339. The van der Waals surface area contributed by atoms with Gasteiger partial charge in [-0.05, 0) is 23.4 Å². The van der Waals surface area contributed by atoms with Crippen LogP contribution in [0.15, 0.2) is 35.2 Å². The van der Waals surface area contributed by atoms with Gasteiger partial charge in [0.1, 0.15) is 5.88 Å². The van der Waals surface area contributed by atoms with E-state index in [0.717, 1.165) is 22.2 Å². The van der Waals surface area contributed by atoms with Crippen LogP contribution in [-0.2, 0) is 9.59 Å². The smallest absolute Gasteiger partial charge is 0.293 e. The summed E-state index contributed by atoms with van der Waals surface area (Å²) >= 11 is 6.25. The predicted molar refractivity (Wildman–Crippen MR) is 82.8 cm³/mol. The van der Waals surface area contributed by atoms with Gasteiger partial charge >= 0.3 is 0 Å². The number of halogens is 1. The van der Waals surface area contributed by atoms with Gasteiger partial charge in [0.2, 0.25) is 5.91 Å². The molecular formula is C14H13ClN2O3S. The topological polar surface area (TPSA) is 66.5 Å². The number of hydrogen-bond acceptors (Lipinski definition) is 4. The molecular weight excluding hydrogens is 312 g/mol. The number of benzene rings is 1. The third-order valence-electron chi connectivity index (χ3n) is 2.75. The molecule has 5 nitrogen and oxygen atoms in total. The van der Waals surface area contributed by atoms with Crippen molar-refractivity contribution in [3.63, 3.8) is 0 Å². The molecule has 0 bridgehead atoms. The number of nitrogens with one attached hydrogen (secondary N) is 1. The zero-order valence-corrected chi connectivity index (χ0v) is 12.6. The van der Waals surface area contributed by atoms with Crippen LogP contribution in [0.4, 0.5) is 4.79 Å². The van der Waals surface area contributed by atoms with Crippen LogP contribution in [0.5, 0.6) is 0 Å². The predicted octanol–water partition coefficient (Wildman–Crippen LogP) is 2.08. The van der Waals surface area contributed by atoms with Gasteiger partial charge in [0.05, 0.1) is 4.91 Å². The Kier molecular flexibility index (Phi) is 5.41. The number of carbonyl (C=O) groups excluding carboxylic acids is 3. The van der Waals surface area contributed by atoms with Gasteiger partial charge < -0.3 is 5.32 Å². The largest absolute Gasteiger partial charge is 0.353 e. The van der Waals surface area contributed by atoms with Gasteiger partial charge in [-0.1, -0.05) is 30.3 Å². The van der Waals surface area contributed by atoms with Gasteiger partial charge in [-0.2, -0.15) is 0 Å². The van der Waals surface area contributed by atoms with Crippen LogP contribution in [0, 0.1) is 0 Å².